The number of amides is 2. The van der Waals surface area contributed by atoms with Gasteiger partial charge in [-0.25, -0.2) is 0 Å². The van der Waals surface area contributed by atoms with Gasteiger partial charge in [0.25, 0.3) is 0 Å². The highest BCUT2D eigenvalue weighted by atomic mass is 16.5. The first kappa shape index (κ1) is 24.1. The Labute approximate surface area is 196 Å². The van der Waals surface area contributed by atoms with Gasteiger partial charge in [-0.3, -0.25) is 9.59 Å². The Morgan fingerprint density at radius 2 is 1.58 bits per heavy atom. The van der Waals surface area contributed by atoms with Crippen molar-refractivity contribution in [3.05, 3.63) is 89.7 Å². The van der Waals surface area contributed by atoms with Gasteiger partial charge < -0.3 is 19.1 Å². The third-order valence-electron chi connectivity index (χ3n) is 5.74. The second-order valence-corrected chi connectivity index (χ2v) is 8.49. The lowest BCUT2D eigenvalue weighted by atomic mass is 10.1. The Morgan fingerprint density at radius 1 is 0.879 bits per heavy atom. The number of benzene rings is 2. The van der Waals surface area contributed by atoms with Crippen molar-refractivity contribution >= 4 is 11.8 Å². The average Bonchev–Trinajstić information content (AvgIpc) is 3.22. The van der Waals surface area contributed by atoms with Gasteiger partial charge in [-0.1, -0.05) is 42.5 Å². The van der Waals surface area contributed by atoms with Crippen molar-refractivity contribution in [1.29, 1.82) is 0 Å². The third kappa shape index (κ3) is 6.72. The van der Waals surface area contributed by atoms with Gasteiger partial charge >= 0.3 is 0 Å². The van der Waals surface area contributed by atoms with Crippen LogP contribution in [0.1, 0.15) is 30.7 Å². The molecule has 33 heavy (non-hydrogen) atoms. The summed E-state index contributed by atoms with van der Waals surface area (Å²) in [4.78, 5) is 30.0. The van der Waals surface area contributed by atoms with E-state index in [1.54, 1.807) is 12.0 Å². The molecule has 0 N–H and O–H groups in total. The fourth-order valence-corrected chi connectivity index (χ4v) is 3.72. The van der Waals surface area contributed by atoms with Gasteiger partial charge in [0, 0.05) is 31.5 Å². The summed E-state index contributed by atoms with van der Waals surface area (Å²) in [7, 11) is 3.59. The van der Waals surface area contributed by atoms with Crippen molar-refractivity contribution < 1.29 is 14.3 Å². The van der Waals surface area contributed by atoms with Crippen LogP contribution in [0.25, 0.3) is 0 Å². The highest BCUT2D eigenvalue weighted by Crippen LogP contribution is 2.15. The number of hydrogen-bond donors (Lipinski definition) is 0. The molecular formula is C27H33N3O3. The van der Waals surface area contributed by atoms with Gasteiger partial charge in [0.15, 0.2) is 0 Å². The predicted octanol–water partition coefficient (Wildman–Crippen LogP) is 4.04. The highest BCUT2D eigenvalue weighted by molar-refractivity contribution is 5.86. The second-order valence-electron chi connectivity index (χ2n) is 8.49. The predicted molar refractivity (Wildman–Crippen MR) is 130 cm³/mol. The number of carbonyl (C=O) groups excluding carboxylic acids is 2. The molecular weight excluding hydrogens is 414 g/mol. The van der Waals surface area contributed by atoms with Gasteiger partial charge in [-0.2, -0.15) is 0 Å². The van der Waals surface area contributed by atoms with Crippen molar-refractivity contribution in [1.82, 2.24) is 14.4 Å². The molecule has 6 nitrogen and oxygen atoms in total. The van der Waals surface area contributed by atoms with Gasteiger partial charge in [0.05, 0.1) is 20.1 Å². The lowest BCUT2D eigenvalue weighted by molar-refractivity contribution is -0.142. The molecule has 0 aliphatic rings. The molecule has 0 bridgehead atoms. The second kappa shape index (κ2) is 11.4. The smallest absolute Gasteiger partial charge is 0.242 e. The van der Waals surface area contributed by atoms with Crippen molar-refractivity contribution in [3.63, 3.8) is 0 Å². The molecule has 0 unspecified atom stereocenters. The normalized spacial score (nSPS) is 10.8. The molecule has 0 atom stereocenters. The SMILES string of the molecule is COc1ccc(CC(=O)N(CC(=O)N(Cc2ccccc2)Cc2cccn2C)C(C)C)cc1. The van der Waals surface area contributed by atoms with Crippen LogP contribution in [-0.2, 0) is 36.1 Å². The lowest BCUT2D eigenvalue weighted by Crippen LogP contribution is -2.46. The molecule has 0 aliphatic heterocycles. The largest absolute Gasteiger partial charge is 0.497 e. The summed E-state index contributed by atoms with van der Waals surface area (Å²) in [6.07, 6.45) is 2.21. The molecule has 1 aromatic heterocycles. The molecule has 0 saturated heterocycles. The molecule has 3 aromatic rings. The summed E-state index contributed by atoms with van der Waals surface area (Å²) < 4.78 is 7.21. The molecule has 2 amide bonds. The quantitative estimate of drug-likeness (QED) is 0.471. The van der Waals surface area contributed by atoms with Crippen LogP contribution in [0.2, 0.25) is 0 Å². The van der Waals surface area contributed by atoms with Crippen molar-refractivity contribution in [2.45, 2.75) is 39.4 Å². The molecule has 0 aliphatic carbocycles. The summed E-state index contributed by atoms with van der Waals surface area (Å²) in [5, 5.41) is 0. The van der Waals surface area contributed by atoms with Gasteiger partial charge in [-0.15, -0.1) is 0 Å². The van der Waals surface area contributed by atoms with E-state index < -0.39 is 0 Å². The molecule has 2 aromatic carbocycles. The molecule has 0 spiro atoms. The number of aromatic nitrogens is 1. The maximum absolute atomic E-state index is 13.4. The third-order valence-corrected chi connectivity index (χ3v) is 5.74. The maximum atomic E-state index is 13.4. The topological polar surface area (TPSA) is 54.8 Å². The number of carbonyl (C=O) groups is 2. The van der Waals surface area contributed by atoms with Crippen LogP contribution >= 0.6 is 0 Å². The van der Waals surface area contributed by atoms with Crippen LogP contribution < -0.4 is 4.74 Å². The Hall–Kier alpha value is -3.54. The zero-order valence-electron chi connectivity index (χ0n) is 19.9. The summed E-state index contributed by atoms with van der Waals surface area (Å²) in [6, 6.07) is 21.3. The van der Waals surface area contributed by atoms with Crippen molar-refractivity contribution in [2.24, 2.45) is 7.05 Å². The summed E-state index contributed by atoms with van der Waals surface area (Å²) >= 11 is 0. The molecule has 174 valence electrons. The summed E-state index contributed by atoms with van der Waals surface area (Å²) in [5.74, 6) is 0.609. The van der Waals surface area contributed by atoms with Crippen LogP contribution in [-0.4, -0.2) is 45.9 Å². The Kier molecular flexibility index (Phi) is 8.30. The van der Waals surface area contributed by atoms with E-state index in [9.17, 15) is 9.59 Å². The first-order valence-corrected chi connectivity index (χ1v) is 11.2. The van der Waals surface area contributed by atoms with Crippen LogP contribution in [0.3, 0.4) is 0 Å². The van der Waals surface area contributed by atoms with Crippen molar-refractivity contribution in [3.8, 4) is 5.75 Å². The van der Waals surface area contributed by atoms with Gasteiger partial charge in [0.2, 0.25) is 11.8 Å². The van der Waals surface area contributed by atoms with Crippen molar-refractivity contribution in [2.75, 3.05) is 13.7 Å². The molecule has 0 saturated carbocycles. The number of nitrogens with zero attached hydrogens (tertiary/aromatic N) is 3. The van der Waals surface area contributed by atoms with Crippen LogP contribution in [0, 0.1) is 0 Å². The number of ether oxygens (including phenoxy) is 1. The standard InChI is InChI=1S/C27H33N3O3/c1-21(2)30(26(31)17-22-12-14-25(33-4)15-13-22)20-27(32)29(18-23-9-6-5-7-10-23)19-24-11-8-16-28(24)3/h5-16,21H,17-20H2,1-4H3. The van der Waals surface area contributed by atoms with Crippen LogP contribution in [0.4, 0.5) is 0 Å². The maximum Gasteiger partial charge on any atom is 0.242 e. The molecule has 0 radical (unpaired) electrons. The van der Waals surface area contributed by atoms with E-state index in [1.165, 1.54) is 0 Å². The van der Waals surface area contributed by atoms with E-state index in [4.69, 9.17) is 4.74 Å². The molecule has 1 heterocycles. The lowest BCUT2D eigenvalue weighted by Gasteiger charge is -2.30. The zero-order chi connectivity index (χ0) is 23.8. The monoisotopic (exact) mass is 447 g/mol. The minimum absolute atomic E-state index is 0.0455. The molecule has 6 heteroatoms. The first-order chi connectivity index (χ1) is 15.9. The van der Waals surface area contributed by atoms with E-state index in [0.717, 1.165) is 22.6 Å². The summed E-state index contributed by atoms with van der Waals surface area (Å²) in [6.45, 7) is 4.90. The van der Waals surface area contributed by atoms with Gasteiger partial charge in [0.1, 0.15) is 12.3 Å². The fourth-order valence-electron chi connectivity index (χ4n) is 3.72. The van der Waals surface area contributed by atoms with E-state index in [0.29, 0.717) is 13.1 Å². The van der Waals surface area contributed by atoms with E-state index >= 15 is 0 Å². The van der Waals surface area contributed by atoms with Gasteiger partial charge in [-0.05, 0) is 49.2 Å². The number of methoxy groups -OCH3 is 1. The average molecular weight is 448 g/mol. The molecule has 0 fully saturated rings. The van der Waals surface area contributed by atoms with E-state index in [2.05, 4.69) is 0 Å². The zero-order valence-corrected chi connectivity index (χ0v) is 19.9. The minimum Gasteiger partial charge on any atom is -0.497 e. The Bertz CT molecular complexity index is 1040. The molecule has 3 rings (SSSR count). The first-order valence-electron chi connectivity index (χ1n) is 11.2. The Balaban J connectivity index is 1.74. The summed E-state index contributed by atoms with van der Waals surface area (Å²) in [5.41, 5.74) is 2.99. The number of hydrogen-bond acceptors (Lipinski definition) is 3. The van der Waals surface area contributed by atoms with Crippen LogP contribution in [0.15, 0.2) is 72.9 Å². The van der Waals surface area contributed by atoms with E-state index in [1.807, 2.05) is 103 Å². The number of aryl methyl sites for hydroxylation is 1. The Morgan fingerprint density at radius 3 is 2.15 bits per heavy atom. The number of rotatable bonds is 10. The fraction of sp³-hybridized carbons (Fsp3) is 0.333. The highest BCUT2D eigenvalue weighted by Gasteiger charge is 2.24. The van der Waals surface area contributed by atoms with Crippen LogP contribution in [0.5, 0.6) is 5.75 Å². The van der Waals surface area contributed by atoms with E-state index in [-0.39, 0.29) is 30.8 Å². The minimum atomic E-state index is -0.0895.